The van der Waals surface area contributed by atoms with E-state index in [2.05, 4.69) is 26.1 Å². The molecule has 5 rings (SSSR count). The Labute approximate surface area is 306 Å². The number of carbonyl (C=O) groups is 7. The Bertz CT molecular complexity index is 1700. The van der Waals surface area contributed by atoms with Crippen LogP contribution in [0.4, 0.5) is 4.79 Å². The van der Waals surface area contributed by atoms with E-state index in [0.717, 1.165) is 28.8 Å². The molecule has 4 heterocycles. The standard InChI is InChI=1S/C26H26N8O10S3.Na/c1-2-32-5-6-33(20(40)19(32)39)24(44)29-16(12-3-4-14(36)15(37)7-12)18(38)30-26(27-10-35)22(43)34-17(21(41)42)13(8-45-23(26)34)9-46-25-31-28-11-47-25;/h3-4,7,10-11,16,23,36-37H,2,5-6,8-9H2,1H3,(H,27,35)(H,29,44)(H,30,38)(H,41,42);/q;+1/p-1. The van der Waals surface area contributed by atoms with Crippen LogP contribution >= 0.6 is 34.9 Å². The molecule has 3 aliphatic rings. The summed E-state index contributed by atoms with van der Waals surface area (Å²) in [6, 6.07) is 0.223. The number of benzene rings is 1. The zero-order valence-electron chi connectivity index (χ0n) is 25.2. The van der Waals surface area contributed by atoms with Crippen molar-refractivity contribution in [3.63, 3.8) is 0 Å². The average Bonchev–Trinajstić information content (AvgIpc) is 3.58. The summed E-state index contributed by atoms with van der Waals surface area (Å²) in [6.07, 6.45) is 0.136. The molecule has 5 N–H and O–H groups in total. The van der Waals surface area contributed by atoms with E-state index in [1.807, 2.05) is 0 Å². The van der Waals surface area contributed by atoms with Crippen LogP contribution in [-0.4, -0.2) is 119 Å². The van der Waals surface area contributed by atoms with Crippen molar-refractivity contribution in [2.45, 2.75) is 28.3 Å². The van der Waals surface area contributed by atoms with Crippen LogP contribution in [0.1, 0.15) is 18.5 Å². The summed E-state index contributed by atoms with van der Waals surface area (Å²) in [4.78, 5) is 92.5. The monoisotopic (exact) mass is 728 g/mol. The molecule has 2 aromatic rings. The van der Waals surface area contributed by atoms with Gasteiger partial charge in [-0.25, -0.2) is 4.79 Å². The summed E-state index contributed by atoms with van der Waals surface area (Å²) >= 11 is 3.48. The van der Waals surface area contributed by atoms with Gasteiger partial charge in [-0.15, -0.1) is 22.0 Å². The van der Waals surface area contributed by atoms with Gasteiger partial charge in [0.2, 0.25) is 18.0 Å². The van der Waals surface area contributed by atoms with Gasteiger partial charge in [-0.3, -0.25) is 33.8 Å². The second kappa shape index (κ2) is 15.1. The molecule has 7 amide bonds. The van der Waals surface area contributed by atoms with Crippen LogP contribution in [0.5, 0.6) is 11.5 Å². The number of fused-ring (bicyclic) bond motifs is 1. The summed E-state index contributed by atoms with van der Waals surface area (Å²) in [7, 11) is 0. The molecule has 3 aliphatic heterocycles. The second-order valence-electron chi connectivity index (χ2n) is 10.1. The van der Waals surface area contributed by atoms with Crippen molar-refractivity contribution in [3.05, 3.63) is 40.5 Å². The molecule has 18 nitrogen and oxygen atoms in total. The van der Waals surface area contributed by atoms with E-state index < -0.39 is 69.9 Å². The second-order valence-corrected chi connectivity index (χ2v) is 13.2. The van der Waals surface area contributed by atoms with Crippen molar-refractivity contribution >= 4 is 76.9 Å². The molecule has 2 saturated heterocycles. The number of nitrogens with zero attached hydrogens (tertiary/aromatic N) is 5. The summed E-state index contributed by atoms with van der Waals surface area (Å²) < 4.78 is 0.563. The molecule has 0 radical (unpaired) electrons. The molecular formula is C26H25N8NaO10S3. The maximum absolute atomic E-state index is 13.9. The minimum absolute atomic E-state index is 0. The number of aromatic hydroxyl groups is 2. The van der Waals surface area contributed by atoms with Gasteiger partial charge in [-0.05, 0) is 30.2 Å². The van der Waals surface area contributed by atoms with Crippen LogP contribution in [0.25, 0.3) is 0 Å². The van der Waals surface area contributed by atoms with Crippen LogP contribution in [0, 0.1) is 0 Å². The summed E-state index contributed by atoms with van der Waals surface area (Å²) in [5, 5.41) is 45.6. The Morgan fingerprint density at radius 2 is 1.94 bits per heavy atom. The quantitative estimate of drug-likeness (QED) is 0.0276. The number of phenols is 2. The number of aromatic nitrogens is 2. The van der Waals surface area contributed by atoms with E-state index in [-0.39, 0.29) is 72.7 Å². The Morgan fingerprint density at radius 1 is 1.19 bits per heavy atom. The van der Waals surface area contributed by atoms with Gasteiger partial charge in [0, 0.05) is 31.1 Å². The maximum Gasteiger partial charge on any atom is 1.00 e. The Hall–Kier alpha value is -3.89. The number of hydrogen-bond donors (Lipinski definition) is 5. The number of piperazine rings is 1. The molecule has 22 heteroatoms. The van der Waals surface area contributed by atoms with E-state index >= 15 is 0 Å². The number of β-lactam (4-membered cyclic amide) rings is 1. The minimum Gasteiger partial charge on any atom is -0.543 e. The van der Waals surface area contributed by atoms with Gasteiger partial charge in [-0.1, -0.05) is 29.2 Å². The molecule has 0 saturated carbocycles. The number of carbonyl (C=O) groups excluding carboxylic acids is 7. The van der Waals surface area contributed by atoms with Gasteiger partial charge in [0.25, 0.3) is 5.91 Å². The third kappa shape index (κ3) is 6.83. The van der Waals surface area contributed by atoms with Gasteiger partial charge >= 0.3 is 47.4 Å². The van der Waals surface area contributed by atoms with Gasteiger partial charge in [0.05, 0.1) is 11.7 Å². The summed E-state index contributed by atoms with van der Waals surface area (Å²) in [6.45, 7) is 1.73. The first-order chi connectivity index (χ1) is 22.4. The Kier molecular flexibility index (Phi) is 11.6. The topological polar surface area (TPSA) is 255 Å². The largest absolute Gasteiger partial charge is 1.00 e. The van der Waals surface area contributed by atoms with E-state index in [0.29, 0.717) is 14.8 Å². The smallest absolute Gasteiger partial charge is 0.543 e. The summed E-state index contributed by atoms with van der Waals surface area (Å²) in [5.41, 5.74) is -0.913. The molecule has 2 fully saturated rings. The third-order valence-electron chi connectivity index (χ3n) is 7.46. The first-order valence-electron chi connectivity index (χ1n) is 13.7. The predicted octanol–water partition coefficient (Wildman–Crippen LogP) is -5.34. The number of rotatable bonds is 11. The number of amides is 7. The van der Waals surface area contributed by atoms with Crippen molar-refractivity contribution in [3.8, 4) is 11.5 Å². The number of carboxylic acid groups (broad SMARTS) is 1. The molecule has 0 aliphatic carbocycles. The van der Waals surface area contributed by atoms with Crippen LogP contribution in [0.2, 0.25) is 0 Å². The molecule has 3 atom stereocenters. The predicted molar refractivity (Wildman–Crippen MR) is 161 cm³/mol. The molecule has 0 spiro atoms. The third-order valence-corrected chi connectivity index (χ3v) is 10.8. The van der Waals surface area contributed by atoms with Crippen LogP contribution < -0.4 is 50.6 Å². The van der Waals surface area contributed by atoms with Crippen molar-refractivity contribution in [1.82, 2.24) is 40.8 Å². The number of carboxylic acids is 1. The zero-order chi connectivity index (χ0) is 34.0. The van der Waals surface area contributed by atoms with Gasteiger partial charge < -0.3 is 41.0 Å². The normalized spacial score (nSPS) is 21.1. The van der Waals surface area contributed by atoms with Crippen LogP contribution in [0.3, 0.4) is 0 Å². The first-order valence-corrected chi connectivity index (χ1v) is 16.6. The van der Waals surface area contributed by atoms with Gasteiger partial charge in [0.15, 0.2) is 15.8 Å². The van der Waals surface area contributed by atoms with Crippen LogP contribution in [0.15, 0.2) is 39.3 Å². The number of thioether (sulfide) groups is 2. The molecule has 248 valence electrons. The fraction of sp³-hybridized carbons (Fsp3) is 0.346. The van der Waals surface area contributed by atoms with Gasteiger partial charge in [0.1, 0.15) is 16.9 Å². The molecule has 0 bridgehead atoms. The summed E-state index contributed by atoms with van der Waals surface area (Å²) in [5.74, 6) is -6.92. The number of nitrogens with one attached hydrogen (secondary N) is 3. The van der Waals surface area contributed by atoms with Crippen LogP contribution in [-0.2, 0) is 28.8 Å². The fourth-order valence-corrected chi connectivity index (χ4v) is 8.18. The first kappa shape index (κ1) is 36.9. The molecule has 48 heavy (non-hydrogen) atoms. The number of phenolic OH excluding ortho intramolecular Hbond substituents is 2. The van der Waals surface area contributed by atoms with E-state index in [4.69, 9.17) is 0 Å². The number of likely N-dealkylation sites (N-methyl/N-ethyl adjacent to an activating group) is 1. The maximum atomic E-state index is 13.9. The van der Waals surface area contributed by atoms with E-state index in [9.17, 15) is 48.9 Å². The minimum atomic E-state index is -2.19. The molecule has 1 aromatic heterocycles. The van der Waals surface area contributed by atoms with E-state index in [1.54, 1.807) is 6.92 Å². The Balaban J connectivity index is 0.00000520. The number of imide groups is 1. The van der Waals surface area contributed by atoms with E-state index in [1.165, 1.54) is 39.6 Å². The SMILES string of the molecule is CCN1CCN(C(=O)NC(C(=O)NC2(NC=O)C(=O)N3C(C(=O)[O-])=C(CSc4nncs4)CSC32)c2ccc(O)c(O)c2)C(=O)C1=O.[Na+]. The Morgan fingerprint density at radius 3 is 2.56 bits per heavy atom. The zero-order valence-corrected chi connectivity index (χ0v) is 29.6. The van der Waals surface area contributed by atoms with Crippen molar-refractivity contribution in [1.29, 1.82) is 0 Å². The van der Waals surface area contributed by atoms with Gasteiger partial charge in [-0.2, -0.15) is 0 Å². The number of urea groups is 1. The molecule has 3 unspecified atom stereocenters. The van der Waals surface area contributed by atoms with Crippen molar-refractivity contribution < 1.29 is 78.4 Å². The van der Waals surface area contributed by atoms with Crippen molar-refractivity contribution in [2.24, 2.45) is 0 Å². The fourth-order valence-electron chi connectivity index (χ4n) is 5.13. The molecule has 1 aromatic carbocycles. The average molecular weight is 729 g/mol. The number of hydrogen-bond acceptors (Lipinski definition) is 15. The van der Waals surface area contributed by atoms with Crippen molar-refractivity contribution in [2.75, 3.05) is 31.1 Å². The number of aliphatic carboxylic acids is 1. The molecular weight excluding hydrogens is 704 g/mol.